The minimum absolute atomic E-state index is 0.0667. The molecule has 0 aromatic carbocycles. The normalized spacial score (nSPS) is 12.2. The second-order valence-corrected chi connectivity index (χ2v) is 25.2. The van der Waals surface area contributed by atoms with Gasteiger partial charge in [-0.3, -0.25) is 14.4 Å². The average molecular weight is 1150 g/mol. The smallest absolute Gasteiger partial charge is 0.306 e. The first-order valence-electron chi connectivity index (χ1n) is 37.0. The Morgan fingerprint density at radius 2 is 0.439 bits per heavy atom. The van der Waals surface area contributed by atoms with Crippen molar-refractivity contribution >= 4 is 17.9 Å². The molecular formula is C76H142O6. The summed E-state index contributed by atoms with van der Waals surface area (Å²) in [6.07, 6.45) is 89.7. The maximum absolute atomic E-state index is 12.9. The van der Waals surface area contributed by atoms with Crippen LogP contribution >= 0.6 is 0 Å². The van der Waals surface area contributed by atoms with Gasteiger partial charge >= 0.3 is 17.9 Å². The molecule has 0 amide bonds. The molecule has 0 N–H and O–H groups in total. The molecule has 482 valence electrons. The van der Waals surface area contributed by atoms with Crippen molar-refractivity contribution in [2.24, 2.45) is 0 Å². The molecule has 0 aliphatic rings. The van der Waals surface area contributed by atoms with Gasteiger partial charge in [0.25, 0.3) is 0 Å². The van der Waals surface area contributed by atoms with Gasteiger partial charge in [-0.2, -0.15) is 0 Å². The molecular weight excluding hydrogens is 1010 g/mol. The minimum Gasteiger partial charge on any atom is -0.462 e. The zero-order valence-electron chi connectivity index (χ0n) is 55.5. The molecule has 1 unspecified atom stereocenters. The molecule has 0 aromatic rings. The third-order valence-corrected chi connectivity index (χ3v) is 16.9. The lowest BCUT2D eigenvalue weighted by Crippen LogP contribution is -2.30. The molecule has 0 aliphatic heterocycles. The fraction of sp³-hybridized carbons (Fsp3) is 0.882. The number of hydrogen-bond acceptors (Lipinski definition) is 6. The first-order valence-corrected chi connectivity index (χ1v) is 37.0. The van der Waals surface area contributed by atoms with Crippen molar-refractivity contribution < 1.29 is 28.6 Å². The fourth-order valence-electron chi connectivity index (χ4n) is 11.3. The lowest BCUT2D eigenvalue weighted by molar-refractivity contribution is -0.167. The summed E-state index contributed by atoms with van der Waals surface area (Å²) in [6.45, 7) is 6.62. The topological polar surface area (TPSA) is 78.9 Å². The molecule has 0 aliphatic carbocycles. The minimum atomic E-state index is -0.766. The average Bonchev–Trinajstić information content (AvgIpc) is 3.48. The Bertz CT molecular complexity index is 1370. The molecule has 0 bridgehead atoms. The quantitative estimate of drug-likeness (QED) is 0.0261. The van der Waals surface area contributed by atoms with Crippen molar-refractivity contribution in [2.75, 3.05) is 13.2 Å². The Balaban J connectivity index is 3.90. The van der Waals surface area contributed by atoms with E-state index in [0.717, 1.165) is 77.0 Å². The van der Waals surface area contributed by atoms with Crippen LogP contribution in [0.25, 0.3) is 0 Å². The van der Waals surface area contributed by atoms with Crippen molar-refractivity contribution in [3.63, 3.8) is 0 Å². The van der Waals surface area contributed by atoms with Crippen LogP contribution in [-0.2, 0) is 28.6 Å². The molecule has 82 heavy (non-hydrogen) atoms. The number of carbonyl (C=O) groups is 3. The highest BCUT2D eigenvalue weighted by atomic mass is 16.6. The predicted octanol–water partition coefficient (Wildman–Crippen LogP) is 25.5. The van der Waals surface area contributed by atoms with Gasteiger partial charge in [0.1, 0.15) is 13.2 Å². The van der Waals surface area contributed by atoms with Gasteiger partial charge < -0.3 is 14.2 Å². The van der Waals surface area contributed by atoms with Crippen LogP contribution in [0.5, 0.6) is 0 Å². The third-order valence-electron chi connectivity index (χ3n) is 16.9. The van der Waals surface area contributed by atoms with Gasteiger partial charge in [-0.25, -0.2) is 0 Å². The van der Waals surface area contributed by atoms with Gasteiger partial charge in [0.2, 0.25) is 0 Å². The van der Waals surface area contributed by atoms with Gasteiger partial charge in [-0.05, 0) is 57.8 Å². The Labute approximate surface area is 512 Å². The Kier molecular flexibility index (Phi) is 69.1. The first-order chi connectivity index (χ1) is 40.5. The maximum Gasteiger partial charge on any atom is 0.306 e. The van der Waals surface area contributed by atoms with Crippen LogP contribution in [0.4, 0.5) is 0 Å². The number of esters is 3. The molecule has 0 saturated carbocycles. The number of hydrogen-bond donors (Lipinski definition) is 0. The summed E-state index contributed by atoms with van der Waals surface area (Å²) in [5.41, 5.74) is 0. The van der Waals surface area contributed by atoms with Crippen LogP contribution in [-0.4, -0.2) is 37.2 Å². The van der Waals surface area contributed by atoms with E-state index in [1.54, 1.807) is 0 Å². The van der Waals surface area contributed by atoms with Gasteiger partial charge in [0.05, 0.1) is 0 Å². The number of allylic oxidation sites excluding steroid dienone is 6. The van der Waals surface area contributed by atoms with E-state index < -0.39 is 6.10 Å². The summed E-state index contributed by atoms with van der Waals surface area (Å²) in [5, 5.41) is 0. The largest absolute Gasteiger partial charge is 0.462 e. The maximum atomic E-state index is 12.9. The van der Waals surface area contributed by atoms with Crippen LogP contribution < -0.4 is 0 Å². The molecule has 6 heteroatoms. The predicted molar refractivity (Wildman–Crippen MR) is 358 cm³/mol. The van der Waals surface area contributed by atoms with E-state index in [0.29, 0.717) is 19.3 Å². The summed E-state index contributed by atoms with van der Waals surface area (Å²) in [7, 11) is 0. The van der Waals surface area contributed by atoms with E-state index >= 15 is 0 Å². The Hall–Kier alpha value is -2.37. The second-order valence-electron chi connectivity index (χ2n) is 25.2. The van der Waals surface area contributed by atoms with Crippen LogP contribution in [0.15, 0.2) is 36.5 Å². The Morgan fingerprint density at radius 1 is 0.244 bits per heavy atom. The monoisotopic (exact) mass is 1150 g/mol. The van der Waals surface area contributed by atoms with Gasteiger partial charge in [-0.1, -0.05) is 372 Å². The van der Waals surface area contributed by atoms with Crippen molar-refractivity contribution in [1.82, 2.24) is 0 Å². The Morgan fingerprint density at radius 3 is 0.683 bits per heavy atom. The highest BCUT2D eigenvalue weighted by Crippen LogP contribution is 2.19. The van der Waals surface area contributed by atoms with E-state index in [1.807, 2.05) is 0 Å². The van der Waals surface area contributed by atoms with Crippen molar-refractivity contribution in [2.45, 2.75) is 419 Å². The van der Waals surface area contributed by atoms with Crippen molar-refractivity contribution in [3.05, 3.63) is 36.5 Å². The highest BCUT2D eigenvalue weighted by molar-refractivity contribution is 5.71. The molecule has 0 heterocycles. The van der Waals surface area contributed by atoms with E-state index in [-0.39, 0.29) is 31.1 Å². The fourth-order valence-corrected chi connectivity index (χ4v) is 11.3. The summed E-state index contributed by atoms with van der Waals surface area (Å²) in [5.74, 6) is -0.853. The molecule has 6 nitrogen and oxygen atoms in total. The first kappa shape index (κ1) is 79.6. The van der Waals surface area contributed by atoms with E-state index in [1.165, 1.54) is 295 Å². The third kappa shape index (κ3) is 68.4. The standard InChI is InChI=1S/C76H142O6/c1-4-7-10-13-15-17-19-21-23-25-27-29-31-33-35-37-38-39-41-42-44-46-48-50-52-54-56-58-60-63-66-69-75(78)81-72-73(71-80-74(77)68-65-62-12-9-6-3)82-76(79)70-67-64-61-59-57-55-53-51-49-47-45-43-40-36-34-32-30-28-26-24-22-20-18-16-14-11-8-5-2/h19,21,25,27,31,33,73H,4-18,20,22-24,26,28-30,32,34-72H2,1-3H3/b21-19-,27-25-,33-31-. The highest BCUT2D eigenvalue weighted by Gasteiger charge is 2.19. The van der Waals surface area contributed by atoms with Gasteiger partial charge in [0.15, 0.2) is 6.10 Å². The second kappa shape index (κ2) is 71.1. The van der Waals surface area contributed by atoms with E-state index in [4.69, 9.17) is 14.2 Å². The van der Waals surface area contributed by atoms with E-state index in [9.17, 15) is 14.4 Å². The van der Waals surface area contributed by atoms with Crippen molar-refractivity contribution in [3.8, 4) is 0 Å². The number of rotatable bonds is 69. The molecule has 0 saturated heterocycles. The van der Waals surface area contributed by atoms with Crippen LogP contribution in [0.3, 0.4) is 0 Å². The number of unbranched alkanes of at least 4 members (excludes halogenated alkanes) is 52. The van der Waals surface area contributed by atoms with Crippen LogP contribution in [0, 0.1) is 0 Å². The summed E-state index contributed by atoms with van der Waals surface area (Å²) < 4.78 is 16.8. The summed E-state index contributed by atoms with van der Waals surface area (Å²) >= 11 is 0. The molecule has 1 atom stereocenters. The molecule has 0 rings (SSSR count). The van der Waals surface area contributed by atoms with Crippen molar-refractivity contribution in [1.29, 1.82) is 0 Å². The van der Waals surface area contributed by atoms with Crippen LogP contribution in [0.2, 0.25) is 0 Å². The lowest BCUT2D eigenvalue weighted by Gasteiger charge is -2.18. The van der Waals surface area contributed by atoms with Gasteiger partial charge in [-0.15, -0.1) is 0 Å². The molecule has 0 spiro atoms. The van der Waals surface area contributed by atoms with Gasteiger partial charge in [0, 0.05) is 19.3 Å². The lowest BCUT2D eigenvalue weighted by atomic mass is 10.0. The molecule has 0 radical (unpaired) electrons. The van der Waals surface area contributed by atoms with Crippen LogP contribution in [0.1, 0.15) is 412 Å². The zero-order chi connectivity index (χ0) is 59.2. The zero-order valence-corrected chi connectivity index (χ0v) is 55.5. The summed E-state index contributed by atoms with van der Waals surface area (Å²) in [4.78, 5) is 38.1. The number of carbonyl (C=O) groups excluding carboxylic acids is 3. The molecule has 0 aromatic heterocycles. The number of ether oxygens (including phenoxy) is 3. The summed E-state index contributed by atoms with van der Waals surface area (Å²) in [6, 6.07) is 0. The SMILES string of the molecule is CCCCCCC/C=C\C/C=C\C/C=C\CCCCCCCCCCCCCCCCCCC(=O)OCC(COC(=O)CCCCCCC)OC(=O)CCCCCCCCCCCCCCCCCCCCCCCCCCCCCC. The molecule has 0 fully saturated rings. The van der Waals surface area contributed by atoms with E-state index in [2.05, 4.69) is 57.2 Å².